The third-order valence-corrected chi connectivity index (χ3v) is 3.46. The summed E-state index contributed by atoms with van der Waals surface area (Å²) in [6.45, 7) is 0.858. The summed E-state index contributed by atoms with van der Waals surface area (Å²) in [5.41, 5.74) is 2.94. The van der Waals surface area contributed by atoms with Gasteiger partial charge in [0.2, 0.25) is 0 Å². The van der Waals surface area contributed by atoms with Gasteiger partial charge in [-0.05, 0) is 12.8 Å². The molecule has 0 spiro atoms. The zero-order valence-corrected chi connectivity index (χ0v) is 13.0. The van der Waals surface area contributed by atoms with E-state index < -0.39 is 0 Å². The number of aromatic nitrogens is 1. The first-order valence-electron chi connectivity index (χ1n) is 6.80. The van der Waals surface area contributed by atoms with Crippen molar-refractivity contribution in [1.29, 1.82) is 0 Å². The Morgan fingerprint density at radius 2 is 1.90 bits per heavy atom. The molecular formula is C18H15NOPd. The largest absolute Gasteiger partial charge is 2.00 e. The van der Waals surface area contributed by atoms with E-state index in [1.165, 1.54) is 5.56 Å². The minimum absolute atomic E-state index is 0. The van der Waals surface area contributed by atoms with Crippen molar-refractivity contribution in [3.63, 3.8) is 0 Å². The van der Waals surface area contributed by atoms with Gasteiger partial charge in [-0.1, -0.05) is 35.5 Å². The van der Waals surface area contributed by atoms with Crippen molar-refractivity contribution in [1.82, 2.24) is 4.57 Å². The van der Waals surface area contributed by atoms with Crippen LogP contribution in [0, 0.1) is 12.3 Å². The van der Waals surface area contributed by atoms with Crippen molar-refractivity contribution in [3.8, 4) is 0 Å². The fourth-order valence-corrected chi connectivity index (χ4v) is 2.48. The van der Waals surface area contributed by atoms with Crippen LogP contribution in [0.1, 0.15) is 22.3 Å². The molecule has 2 aromatic carbocycles. The van der Waals surface area contributed by atoms with Gasteiger partial charge < -0.3 is 9.36 Å². The number of nitrogens with zero attached hydrogens (tertiary/aromatic N) is 1. The number of hydrogen-bond acceptors (Lipinski definition) is 1. The number of aldehydes is 1. The predicted molar refractivity (Wildman–Crippen MR) is 79.8 cm³/mol. The molecule has 0 radical (unpaired) electrons. The Kier molecular flexibility index (Phi) is 5.50. The van der Waals surface area contributed by atoms with Crippen molar-refractivity contribution in [2.75, 3.05) is 0 Å². The van der Waals surface area contributed by atoms with E-state index in [0.717, 1.165) is 36.6 Å². The van der Waals surface area contributed by atoms with Gasteiger partial charge in [0.25, 0.3) is 0 Å². The average molecular weight is 368 g/mol. The Bertz CT molecular complexity index is 718. The van der Waals surface area contributed by atoms with Crippen LogP contribution in [0.5, 0.6) is 0 Å². The number of fused-ring (bicyclic) bond motifs is 1. The monoisotopic (exact) mass is 367 g/mol. The van der Waals surface area contributed by atoms with Gasteiger partial charge in [0.05, 0.1) is 6.29 Å². The summed E-state index contributed by atoms with van der Waals surface area (Å²) in [4.78, 5) is 11.1. The smallest absolute Gasteiger partial charge is 0.433 e. The minimum atomic E-state index is 0. The topological polar surface area (TPSA) is 22.0 Å². The summed E-state index contributed by atoms with van der Waals surface area (Å²) in [5, 5.41) is 0.980. The third-order valence-electron chi connectivity index (χ3n) is 3.46. The molecule has 108 valence electrons. The Morgan fingerprint density at radius 1 is 1.10 bits per heavy atom. The van der Waals surface area contributed by atoms with Crippen LogP contribution in [0.4, 0.5) is 0 Å². The Balaban J connectivity index is 0.00000161. The van der Waals surface area contributed by atoms with Gasteiger partial charge in [-0.2, -0.15) is 35.9 Å². The second-order valence-electron chi connectivity index (χ2n) is 4.80. The molecule has 0 aliphatic carbocycles. The van der Waals surface area contributed by atoms with Crippen LogP contribution in [0.3, 0.4) is 0 Å². The molecular weight excluding hydrogens is 353 g/mol. The van der Waals surface area contributed by atoms with E-state index >= 15 is 0 Å². The minimum Gasteiger partial charge on any atom is -0.433 e. The van der Waals surface area contributed by atoms with Crippen LogP contribution in [0.25, 0.3) is 10.9 Å². The van der Waals surface area contributed by atoms with E-state index in [4.69, 9.17) is 0 Å². The number of para-hydroxylation sites is 1. The van der Waals surface area contributed by atoms with Gasteiger partial charge >= 0.3 is 20.4 Å². The standard InChI is InChI=1S/C18H15NO.Pd/c20-14-16-13-19(18-11-5-4-10-17(16)18)12-6-9-15-7-2-1-3-8-15;/h1-5,7,10-11,14H,6,9,12H2;/q-2;+2. The Labute approximate surface area is 138 Å². The third kappa shape index (κ3) is 3.50. The summed E-state index contributed by atoms with van der Waals surface area (Å²) < 4.78 is 2.04. The number of carbonyl (C=O) groups is 1. The zero-order chi connectivity index (χ0) is 13.8. The first kappa shape index (κ1) is 15.7. The fourth-order valence-electron chi connectivity index (χ4n) is 2.48. The maximum Gasteiger partial charge on any atom is 2.00 e. The van der Waals surface area contributed by atoms with Gasteiger partial charge in [-0.15, -0.1) is 11.5 Å². The molecule has 3 heteroatoms. The van der Waals surface area contributed by atoms with Crippen LogP contribution in [-0.2, 0) is 33.4 Å². The van der Waals surface area contributed by atoms with Gasteiger partial charge in [0.1, 0.15) is 0 Å². The number of hydrogen-bond donors (Lipinski definition) is 0. The molecule has 0 aliphatic rings. The molecule has 0 saturated heterocycles. The second-order valence-corrected chi connectivity index (χ2v) is 4.80. The van der Waals surface area contributed by atoms with Crippen LogP contribution < -0.4 is 0 Å². The normalized spacial score (nSPS) is 10.3. The molecule has 0 unspecified atom stereocenters. The number of benzene rings is 2. The molecule has 2 nitrogen and oxygen atoms in total. The number of rotatable bonds is 5. The maximum absolute atomic E-state index is 11.1. The van der Waals surface area contributed by atoms with E-state index in [0.29, 0.717) is 5.56 Å². The molecule has 3 aromatic rings. The van der Waals surface area contributed by atoms with Crippen LogP contribution >= 0.6 is 0 Å². The van der Waals surface area contributed by atoms with E-state index in [-0.39, 0.29) is 20.4 Å². The molecule has 0 aliphatic heterocycles. The van der Waals surface area contributed by atoms with E-state index in [1.807, 2.05) is 47.0 Å². The molecule has 0 atom stereocenters. The first-order valence-corrected chi connectivity index (χ1v) is 6.80. The van der Waals surface area contributed by atoms with Crippen LogP contribution in [0.2, 0.25) is 0 Å². The van der Waals surface area contributed by atoms with E-state index in [2.05, 4.69) is 18.3 Å². The molecule has 1 aromatic heterocycles. The van der Waals surface area contributed by atoms with Crippen molar-refractivity contribution in [3.05, 3.63) is 71.9 Å². The molecule has 0 bridgehead atoms. The molecule has 0 fully saturated rings. The number of carbonyl (C=O) groups excluding carboxylic acids is 1. The molecule has 0 N–H and O–H groups in total. The van der Waals surface area contributed by atoms with Gasteiger partial charge in [0.15, 0.2) is 0 Å². The number of aryl methyl sites for hydroxylation is 2. The Hall–Kier alpha value is -1.69. The summed E-state index contributed by atoms with van der Waals surface area (Å²) in [5.74, 6) is 0. The first-order chi connectivity index (χ1) is 9.88. The van der Waals surface area contributed by atoms with Gasteiger partial charge in [0, 0.05) is 6.54 Å². The SMILES string of the molecule is O=Cc1[c-]n(CCCc2[c-]cccc2)c2ccccc12.[Pd+2]. The summed E-state index contributed by atoms with van der Waals surface area (Å²) >= 11 is 0. The van der Waals surface area contributed by atoms with Crippen molar-refractivity contribution < 1.29 is 25.2 Å². The summed E-state index contributed by atoms with van der Waals surface area (Å²) in [6, 6.07) is 19.2. The molecule has 21 heavy (non-hydrogen) atoms. The molecule has 1 heterocycles. The van der Waals surface area contributed by atoms with E-state index in [1.54, 1.807) is 0 Å². The fraction of sp³-hybridized carbons (Fsp3) is 0.167. The quantitative estimate of drug-likeness (QED) is 0.383. The Morgan fingerprint density at radius 3 is 2.67 bits per heavy atom. The molecule has 3 rings (SSSR count). The zero-order valence-electron chi connectivity index (χ0n) is 11.5. The van der Waals surface area contributed by atoms with Crippen LogP contribution in [-0.4, -0.2) is 10.9 Å². The van der Waals surface area contributed by atoms with Crippen molar-refractivity contribution in [2.24, 2.45) is 0 Å². The summed E-state index contributed by atoms with van der Waals surface area (Å²) in [6.07, 6.45) is 6.03. The van der Waals surface area contributed by atoms with Gasteiger partial charge in [-0.3, -0.25) is 0 Å². The van der Waals surface area contributed by atoms with Gasteiger partial charge in [-0.25, -0.2) is 0 Å². The molecule has 0 amide bonds. The predicted octanol–water partition coefficient (Wildman–Crippen LogP) is 3.68. The summed E-state index contributed by atoms with van der Waals surface area (Å²) in [7, 11) is 0. The maximum atomic E-state index is 11.1. The average Bonchev–Trinajstić information content (AvgIpc) is 2.87. The van der Waals surface area contributed by atoms with E-state index in [9.17, 15) is 4.79 Å². The molecule has 0 saturated carbocycles. The van der Waals surface area contributed by atoms with Crippen molar-refractivity contribution >= 4 is 17.2 Å². The second kappa shape index (κ2) is 7.36. The van der Waals surface area contributed by atoms with Crippen LogP contribution in [0.15, 0.2) is 48.5 Å². The van der Waals surface area contributed by atoms with Crippen molar-refractivity contribution in [2.45, 2.75) is 19.4 Å².